The van der Waals surface area contributed by atoms with Crippen molar-refractivity contribution in [2.75, 3.05) is 0 Å². The van der Waals surface area contributed by atoms with Gasteiger partial charge in [0.05, 0.1) is 0 Å². The summed E-state index contributed by atoms with van der Waals surface area (Å²) < 4.78 is -0.642. The molecule has 3 atom stereocenters. The van der Waals surface area contributed by atoms with Crippen molar-refractivity contribution in [2.45, 2.75) is 42.5 Å². The SMILES string of the molecule is CC1(C)S[C@H]2N(C(=O)C2(C)NC(=O)c2ccccc2-c2ccccc2)[C@H]1C(=O)O. The van der Waals surface area contributed by atoms with Gasteiger partial charge in [-0.05, 0) is 38.0 Å². The number of amides is 2. The molecule has 0 bridgehead atoms. The van der Waals surface area contributed by atoms with Gasteiger partial charge in [0.15, 0.2) is 0 Å². The van der Waals surface area contributed by atoms with Crippen LogP contribution < -0.4 is 5.32 Å². The second kappa shape index (κ2) is 6.62. The van der Waals surface area contributed by atoms with E-state index in [-0.39, 0.29) is 11.8 Å². The maximum Gasteiger partial charge on any atom is 0.327 e. The third-order valence-corrected chi connectivity index (χ3v) is 7.39. The largest absolute Gasteiger partial charge is 0.480 e. The topological polar surface area (TPSA) is 86.7 Å². The maximum atomic E-state index is 13.2. The van der Waals surface area contributed by atoms with Crippen LogP contribution in [0, 0.1) is 0 Å². The van der Waals surface area contributed by atoms with Crippen LogP contribution >= 0.6 is 11.8 Å². The third kappa shape index (κ3) is 2.92. The Balaban J connectivity index is 1.63. The summed E-state index contributed by atoms with van der Waals surface area (Å²) in [5, 5.41) is 12.1. The predicted molar refractivity (Wildman–Crippen MR) is 111 cm³/mol. The lowest BCUT2D eigenvalue weighted by Crippen LogP contribution is -2.78. The molecule has 2 saturated heterocycles. The monoisotopic (exact) mass is 410 g/mol. The molecule has 29 heavy (non-hydrogen) atoms. The van der Waals surface area contributed by atoms with Crippen molar-refractivity contribution >= 4 is 29.5 Å². The maximum absolute atomic E-state index is 13.2. The quantitative estimate of drug-likeness (QED) is 0.757. The van der Waals surface area contributed by atoms with Gasteiger partial charge in [-0.15, -0.1) is 11.8 Å². The van der Waals surface area contributed by atoms with Crippen molar-refractivity contribution in [1.29, 1.82) is 0 Å². The predicted octanol–water partition coefficient (Wildman–Crippen LogP) is 2.99. The van der Waals surface area contributed by atoms with Gasteiger partial charge in [0.25, 0.3) is 11.8 Å². The molecule has 0 aromatic heterocycles. The molecule has 2 aliphatic rings. The van der Waals surface area contributed by atoms with E-state index >= 15 is 0 Å². The highest BCUT2D eigenvalue weighted by molar-refractivity contribution is 8.01. The van der Waals surface area contributed by atoms with E-state index in [1.165, 1.54) is 16.7 Å². The number of carbonyl (C=O) groups is 3. The number of hydrogen-bond donors (Lipinski definition) is 2. The fourth-order valence-electron chi connectivity index (χ4n) is 4.19. The standard InChI is InChI=1S/C22H22N2O4S/c1-21(2)16(18(26)27)24-19(28)22(3,20(24)29-21)23-17(25)15-12-8-7-11-14(15)13-9-5-4-6-10-13/h4-12,16,20H,1-3H3,(H,23,25)(H,26,27)/t16-,20+,22?/m0/s1. The number of carboxylic acid groups (broad SMARTS) is 1. The van der Waals surface area contributed by atoms with E-state index in [2.05, 4.69) is 5.32 Å². The molecule has 2 amide bonds. The molecule has 0 radical (unpaired) electrons. The Morgan fingerprint density at radius 1 is 1.03 bits per heavy atom. The molecule has 2 N–H and O–H groups in total. The van der Waals surface area contributed by atoms with Gasteiger partial charge in [-0.1, -0.05) is 48.5 Å². The molecular weight excluding hydrogens is 388 g/mol. The van der Waals surface area contributed by atoms with Gasteiger partial charge >= 0.3 is 5.97 Å². The van der Waals surface area contributed by atoms with Crippen molar-refractivity contribution in [3.05, 3.63) is 60.2 Å². The van der Waals surface area contributed by atoms with Crippen molar-refractivity contribution in [2.24, 2.45) is 0 Å². The molecule has 150 valence electrons. The summed E-state index contributed by atoms with van der Waals surface area (Å²) in [7, 11) is 0. The highest BCUT2D eigenvalue weighted by atomic mass is 32.2. The number of hydrogen-bond acceptors (Lipinski definition) is 4. The molecule has 2 fully saturated rings. The zero-order valence-electron chi connectivity index (χ0n) is 16.4. The number of carbonyl (C=O) groups excluding carboxylic acids is 2. The van der Waals surface area contributed by atoms with Crippen LogP contribution in [-0.4, -0.2) is 49.5 Å². The van der Waals surface area contributed by atoms with Crippen LogP contribution in [0.5, 0.6) is 0 Å². The lowest BCUT2D eigenvalue weighted by molar-refractivity contribution is -0.165. The van der Waals surface area contributed by atoms with Crippen LogP contribution in [0.15, 0.2) is 54.6 Å². The summed E-state index contributed by atoms with van der Waals surface area (Å²) in [6.07, 6.45) is 0. The summed E-state index contributed by atoms with van der Waals surface area (Å²) in [6.45, 7) is 5.30. The lowest BCUT2D eigenvalue weighted by Gasteiger charge is -2.51. The van der Waals surface area contributed by atoms with Crippen LogP contribution in [0.25, 0.3) is 11.1 Å². The average molecular weight is 410 g/mol. The van der Waals surface area contributed by atoms with Crippen molar-refractivity contribution in [1.82, 2.24) is 10.2 Å². The van der Waals surface area contributed by atoms with Gasteiger partial charge in [0.2, 0.25) is 0 Å². The summed E-state index contributed by atoms with van der Waals surface area (Å²) >= 11 is 1.41. The van der Waals surface area contributed by atoms with Gasteiger partial charge in [-0.2, -0.15) is 0 Å². The minimum Gasteiger partial charge on any atom is -0.480 e. The van der Waals surface area contributed by atoms with Crippen molar-refractivity contribution in [3.8, 4) is 11.1 Å². The Hall–Kier alpha value is -2.80. The van der Waals surface area contributed by atoms with E-state index in [1.807, 2.05) is 56.3 Å². The number of rotatable bonds is 4. The molecule has 2 aromatic carbocycles. The number of nitrogens with zero attached hydrogens (tertiary/aromatic N) is 1. The Labute approximate surface area is 173 Å². The number of thioether (sulfide) groups is 1. The van der Waals surface area contributed by atoms with Crippen LogP contribution in [0.2, 0.25) is 0 Å². The first-order valence-electron chi connectivity index (χ1n) is 9.37. The zero-order chi connectivity index (χ0) is 21.0. The molecule has 0 aliphatic carbocycles. The van der Waals surface area contributed by atoms with E-state index in [0.29, 0.717) is 5.56 Å². The van der Waals surface area contributed by atoms with Gasteiger partial charge in [0, 0.05) is 10.3 Å². The van der Waals surface area contributed by atoms with E-state index in [1.54, 1.807) is 19.1 Å². The molecule has 0 saturated carbocycles. The number of β-lactam (4-membered cyclic amide) rings is 1. The molecule has 4 rings (SSSR count). The van der Waals surface area contributed by atoms with Crippen molar-refractivity contribution in [3.63, 3.8) is 0 Å². The highest BCUT2D eigenvalue weighted by Crippen LogP contribution is 2.54. The number of nitrogens with one attached hydrogen (secondary N) is 1. The Bertz CT molecular complexity index is 1010. The Kier molecular flexibility index (Phi) is 4.46. The number of carboxylic acids is 1. The first kappa shape index (κ1) is 19.5. The van der Waals surface area contributed by atoms with Gasteiger partial charge in [0.1, 0.15) is 17.0 Å². The number of fused-ring (bicyclic) bond motifs is 1. The first-order valence-corrected chi connectivity index (χ1v) is 10.2. The second-order valence-corrected chi connectivity index (χ2v) is 9.83. The van der Waals surface area contributed by atoms with Crippen LogP contribution in [0.1, 0.15) is 31.1 Å². The van der Waals surface area contributed by atoms with Gasteiger partial charge in [-0.25, -0.2) is 4.79 Å². The third-order valence-electron chi connectivity index (χ3n) is 5.64. The fraction of sp³-hybridized carbons (Fsp3) is 0.318. The van der Waals surface area contributed by atoms with Crippen LogP contribution in [-0.2, 0) is 9.59 Å². The molecule has 2 heterocycles. The number of aliphatic carboxylic acids is 1. The summed E-state index contributed by atoms with van der Waals surface area (Å²) in [6, 6.07) is 15.9. The van der Waals surface area contributed by atoms with Gasteiger partial charge < -0.3 is 15.3 Å². The van der Waals surface area contributed by atoms with E-state index in [4.69, 9.17) is 0 Å². The smallest absolute Gasteiger partial charge is 0.327 e. The van der Waals surface area contributed by atoms with E-state index in [9.17, 15) is 19.5 Å². The van der Waals surface area contributed by atoms with E-state index in [0.717, 1.165) is 11.1 Å². The Morgan fingerprint density at radius 3 is 2.31 bits per heavy atom. The molecule has 2 aromatic rings. The summed E-state index contributed by atoms with van der Waals surface area (Å²) in [5.41, 5.74) is 1.02. The zero-order valence-corrected chi connectivity index (χ0v) is 17.2. The first-order chi connectivity index (χ1) is 13.7. The summed E-state index contributed by atoms with van der Waals surface area (Å²) in [4.78, 5) is 39.2. The second-order valence-electron chi connectivity index (χ2n) is 8.09. The summed E-state index contributed by atoms with van der Waals surface area (Å²) in [5.74, 6) is -1.74. The highest BCUT2D eigenvalue weighted by Gasteiger charge is 2.70. The fourth-order valence-corrected chi connectivity index (χ4v) is 5.84. The lowest BCUT2D eigenvalue weighted by atomic mass is 9.85. The average Bonchev–Trinajstić information content (AvgIpc) is 2.98. The van der Waals surface area contributed by atoms with Crippen LogP contribution in [0.3, 0.4) is 0 Å². The van der Waals surface area contributed by atoms with E-state index < -0.39 is 27.7 Å². The molecular formula is C22H22N2O4S. The number of benzene rings is 2. The molecule has 1 unspecified atom stereocenters. The minimum absolute atomic E-state index is 0.350. The molecule has 0 spiro atoms. The molecule has 7 heteroatoms. The normalized spacial score (nSPS) is 27.1. The van der Waals surface area contributed by atoms with Crippen LogP contribution in [0.4, 0.5) is 0 Å². The molecule has 2 aliphatic heterocycles. The van der Waals surface area contributed by atoms with Gasteiger partial charge in [-0.3, -0.25) is 9.59 Å². The van der Waals surface area contributed by atoms with Crippen molar-refractivity contribution < 1.29 is 19.5 Å². The Morgan fingerprint density at radius 2 is 1.66 bits per heavy atom. The molecule has 6 nitrogen and oxygen atoms in total. The minimum atomic E-state index is -1.15.